The van der Waals surface area contributed by atoms with Crippen molar-refractivity contribution in [2.24, 2.45) is 11.1 Å². The summed E-state index contributed by atoms with van der Waals surface area (Å²) in [5.74, 6) is -1.19. The largest absolute Gasteiger partial charge is 0.480 e. The zero-order chi connectivity index (χ0) is 15.3. The Morgan fingerprint density at radius 3 is 2.70 bits per heavy atom. The molecule has 0 bridgehead atoms. The summed E-state index contributed by atoms with van der Waals surface area (Å²) in [4.78, 5) is 22.3. The van der Waals surface area contributed by atoms with Crippen molar-refractivity contribution in [3.05, 3.63) is 12.4 Å². The lowest BCUT2D eigenvalue weighted by Gasteiger charge is -2.22. The summed E-state index contributed by atoms with van der Waals surface area (Å²) in [5.41, 5.74) is 6.47. The van der Waals surface area contributed by atoms with E-state index in [4.69, 9.17) is 10.8 Å². The summed E-state index contributed by atoms with van der Waals surface area (Å²) in [6, 6.07) is -0.205. The first-order valence-electron chi connectivity index (χ1n) is 6.45. The van der Waals surface area contributed by atoms with E-state index < -0.39 is 5.97 Å². The van der Waals surface area contributed by atoms with E-state index in [1.54, 1.807) is 0 Å². The van der Waals surface area contributed by atoms with E-state index in [2.05, 4.69) is 31.2 Å². The predicted molar refractivity (Wildman–Crippen MR) is 75.2 cm³/mol. The van der Waals surface area contributed by atoms with Crippen molar-refractivity contribution in [3.8, 4) is 0 Å². The lowest BCUT2D eigenvalue weighted by atomic mass is 9.87. The summed E-state index contributed by atoms with van der Waals surface area (Å²) >= 11 is 0. The number of aromatic nitrogens is 2. The fraction of sp³-hybridized carbons (Fsp3) is 0.615. The van der Waals surface area contributed by atoms with Gasteiger partial charge in [0.25, 0.3) is 0 Å². The Hall–Kier alpha value is -1.89. The van der Waals surface area contributed by atoms with Gasteiger partial charge in [0.05, 0.1) is 11.9 Å². The molecule has 1 unspecified atom stereocenters. The van der Waals surface area contributed by atoms with E-state index in [1.807, 2.05) is 0 Å². The molecule has 0 aliphatic carbocycles. The van der Waals surface area contributed by atoms with Crippen LogP contribution in [0.4, 0.5) is 5.69 Å². The average molecular weight is 282 g/mol. The number of rotatable bonds is 6. The fourth-order valence-electron chi connectivity index (χ4n) is 1.96. The van der Waals surface area contributed by atoms with Gasteiger partial charge in [0, 0.05) is 18.7 Å². The number of nitrogens with zero attached hydrogens (tertiary/aromatic N) is 2. The van der Waals surface area contributed by atoms with Crippen LogP contribution in [0.1, 0.15) is 33.6 Å². The topological polar surface area (TPSA) is 110 Å². The van der Waals surface area contributed by atoms with Crippen LogP contribution < -0.4 is 11.1 Å². The van der Waals surface area contributed by atoms with Crippen LogP contribution in [-0.4, -0.2) is 32.8 Å². The van der Waals surface area contributed by atoms with Crippen LogP contribution in [0.2, 0.25) is 0 Å². The maximum absolute atomic E-state index is 11.8. The number of nitrogens with one attached hydrogen (secondary N) is 1. The maximum Gasteiger partial charge on any atom is 0.325 e. The van der Waals surface area contributed by atoms with E-state index in [9.17, 15) is 9.59 Å². The van der Waals surface area contributed by atoms with Gasteiger partial charge in [-0.2, -0.15) is 5.10 Å². The second-order valence-corrected chi connectivity index (χ2v) is 6.10. The lowest BCUT2D eigenvalue weighted by Crippen LogP contribution is -2.31. The molecule has 1 amide bonds. The van der Waals surface area contributed by atoms with Crippen LogP contribution >= 0.6 is 0 Å². The first kappa shape index (κ1) is 16.2. The molecule has 1 heterocycles. The molecule has 0 aliphatic heterocycles. The second kappa shape index (κ2) is 6.51. The quantitative estimate of drug-likeness (QED) is 0.722. The Labute approximate surface area is 118 Å². The minimum atomic E-state index is -0.988. The van der Waals surface area contributed by atoms with Crippen LogP contribution in [0.25, 0.3) is 0 Å². The van der Waals surface area contributed by atoms with Crippen molar-refractivity contribution >= 4 is 17.6 Å². The minimum Gasteiger partial charge on any atom is -0.480 e. The summed E-state index contributed by atoms with van der Waals surface area (Å²) < 4.78 is 1.24. The Morgan fingerprint density at radius 1 is 1.50 bits per heavy atom. The third-order valence-corrected chi connectivity index (χ3v) is 2.54. The SMILES string of the molecule is CC(C)(C)CC(N)CC(=O)Nc1cnn(CC(=O)O)c1. The van der Waals surface area contributed by atoms with Crippen molar-refractivity contribution in [3.63, 3.8) is 0 Å². The Kier molecular flexibility index (Phi) is 5.26. The Morgan fingerprint density at radius 2 is 2.15 bits per heavy atom. The van der Waals surface area contributed by atoms with Gasteiger partial charge < -0.3 is 16.2 Å². The molecule has 0 spiro atoms. The predicted octanol–water partition coefficient (Wildman–Crippen LogP) is 1.06. The molecule has 7 nitrogen and oxygen atoms in total. The number of carbonyl (C=O) groups excluding carboxylic acids is 1. The van der Waals surface area contributed by atoms with Gasteiger partial charge in [-0.05, 0) is 11.8 Å². The van der Waals surface area contributed by atoms with Gasteiger partial charge >= 0.3 is 5.97 Å². The number of aliphatic carboxylic acids is 1. The molecule has 0 aliphatic rings. The number of nitrogens with two attached hydrogens (primary N) is 1. The number of hydrogen-bond donors (Lipinski definition) is 3. The molecule has 1 aromatic rings. The molecule has 4 N–H and O–H groups in total. The number of amides is 1. The molecule has 0 saturated carbocycles. The summed E-state index contributed by atoms with van der Waals surface area (Å²) in [7, 11) is 0. The van der Waals surface area contributed by atoms with E-state index in [0.717, 1.165) is 6.42 Å². The van der Waals surface area contributed by atoms with Crippen LogP contribution in [0.15, 0.2) is 12.4 Å². The third kappa shape index (κ3) is 6.33. The van der Waals surface area contributed by atoms with Gasteiger partial charge in [0.1, 0.15) is 6.54 Å². The van der Waals surface area contributed by atoms with Crippen molar-refractivity contribution in [2.75, 3.05) is 5.32 Å². The standard InChI is InChI=1S/C13H22N4O3/c1-13(2,3)5-9(14)4-11(18)16-10-6-15-17(7-10)8-12(19)20/h6-7,9H,4-5,8,14H2,1-3H3,(H,16,18)(H,19,20). The number of anilines is 1. The Bertz CT molecular complexity index is 476. The van der Waals surface area contributed by atoms with E-state index in [0.29, 0.717) is 5.69 Å². The molecule has 0 saturated heterocycles. The highest BCUT2D eigenvalue weighted by Gasteiger charge is 2.18. The van der Waals surface area contributed by atoms with Gasteiger partial charge in [0.15, 0.2) is 0 Å². The number of carboxylic acid groups (broad SMARTS) is 1. The number of carbonyl (C=O) groups is 2. The highest BCUT2D eigenvalue weighted by molar-refractivity contribution is 5.90. The molecular weight excluding hydrogens is 260 g/mol. The monoisotopic (exact) mass is 282 g/mol. The second-order valence-electron chi connectivity index (χ2n) is 6.10. The van der Waals surface area contributed by atoms with E-state index in [-0.39, 0.29) is 30.3 Å². The number of hydrogen-bond acceptors (Lipinski definition) is 4. The highest BCUT2D eigenvalue weighted by atomic mass is 16.4. The van der Waals surface area contributed by atoms with E-state index in [1.165, 1.54) is 17.1 Å². The van der Waals surface area contributed by atoms with Crippen molar-refractivity contribution < 1.29 is 14.7 Å². The molecule has 0 fully saturated rings. The average Bonchev–Trinajstić information content (AvgIpc) is 2.60. The van der Waals surface area contributed by atoms with Crippen LogP contribution in [0, 0.1) is 5.41 Å². The lowest BCUT2D eigenvalue weighted by molar-refractivity contribution is -0.137. The highest BCUT2D eigenvalue weighted by Crippen LogP contribution is 2.21. The molecule has 20 heavy (non-hydrogen) atoms. The summed E-state index contributed by atoms with van der Waals surface area (Å²) in [6.45, 7) is 5.97. The smallest absolute Gasteiger partial charge is 0.325 e. The van der Waals surface area contributed by atoms with Gasteiger partial charge in [-0.15, -0.1) is 0 Å². The maximum atomic E-state index is 11.8. The van der Waals surface area contributed by atoms with E-state index >= 15 is 0 Å². The van der Waals surface area contributed by atoms with Crippen molar-refractivity contribution in [1.29, 1.82) is 0 Å². The Balaban J connectivity index is 2.46. The molecule has 0 aromatic carbocycles. The molecular formula is C13H22N4O3. The molecule has 1 aromatic heterocycles. The minimum absolute atomic E-state index is 0.0755. The van der Waals surface area contributed by atoms with Crippen molar-refractivity contribution in [2.45, 2.75) is 46.2 Å². The molecule has 7 heteroatoms. The zero-order valence-electron chi connectivity index (χ0n) is 12.1. The number of carboxylic acids is 1. The third-order valence-electron chi connectivity index (χ3n) is 2.54. The first-order valence-corrected chi connectivity index (χ1v) is 6.45. The molecule has 1 atom stereocenters. The van der Waals surface area contributed by atoms with Gasteiger partial charge in [-0.25, -0.2) is 0 Å². The van der Waals surface area contributed by atoms with Gasteiger partial charge in [0.2, 0.25) is 5.91 Å². The van der Waals surface area contributed by atoms with Crippen LogP contribution in [0.5, 0.6) is 0 Å². The fourth-order valence-corrected chi connectivity index (χ4v) is 1.96. The summed E-state index contributed by atoms with van der Waals surface area (Å²) in [6.07, 6.45) is 3.86. The normalized spacial score (nSPS) is 13.0. The molecule has 1 rings (SSSR count). The summed E-state index contributed by atoms with van der Waals surface area (Å²) in [5, 5.41) is 15.1. The molecule has 0 radical (unpaired) electrons. The van der Waals surface area contributed by atoms with Gasteiger partial charge in [-0.1, -0.05) is 20.8 Å². The first-order chi connectivity index (χ1) is 9.15. The van der Waals surface area contributed by atoms with Crippen LogP contribution in [-0.2, 0) is 16.1 Å². The van der Waals surface area contributed by atoms with Crippen molar-refractivity contribution in [1.82, 2.24) is 9.78 Å². The van der Waals surface area contributed by atoms with Gasteiger partial charge in [-0.3, -0.25) is 14.3 Å². The zero-order valence-corrected chi connectivity index (χ0v) is 12.1. The van der Waals surface area contributed by atoms with Crippen LogP contribution in [0.3, 0.4) is 0 Å². The molecule has 112 valence electrons.